The first-order chi connectivity index (χ1) is 13.2. The number of hydrogen-bond acceptors (Lipinski definition) is 5. The van der Waals surface area contributed by atoms with Crippen molar-refractivity contribution in [1.29, 1.82) is 0 Å². The molecule has 1 fully saturated rings. The van der Waals surface area contributed by atoms with Gasteiger partial charge in [-0.1, -0.05) is 19.1 Å². The number of likely N-dealkylation sites (tertiary alicyclic amines) is 1. The van der Waals surface area contributed by atoms with Gasteiger partial charge in [-0.25, -0.2) is 0 Å². The first kappa shape index (κ1) is 19.6. The molecule has 0 saturated carbocycles. The van der Waals surface area contributed by atoms with E-state index < -0.39 is 0 Å². The van der Waals surface area contributed by atoms with Crippen LogP contribution in [0.4, 0.5) is 0 Å². The van der Waals surface area contributed by atoms with Crippen LogP contribution in [0.3, 0.4) is 0 Å². The maximum atomic E-state index is 5.97. The summed E-state index contributed by atoms with van der Waals surface area (Å²) in [7, 11) is 1.67. The Morgan fingerprint density at radius 1 is 1.15 bits per heavy atom. The average Bonchev–Trinajstić information content (AvgIpc) is 2.72. The molecule has 0 bridgehead atoms. The Hall–Kier alpha value is -2.11. The van der Waals surface area contributed by atoms with Crippen molar-refractivity contribution in [3.05, 3.63) is 53.9 Å². The van der Waals surface area contributed by atoms with E-state index in [1.165, 1.54) is 31.5 Å². The van der Waals surface area contributed by atoms with Crippen molar-refractivity contribution in [1.82, 2.24) is 15.2 Å². The predicted molar refractivity (Wildman–Crippen MR) is 108 cm³/mol. The van der Waals surface area contributed by atoms with Crippen molar-refractivity contribution in [3.63, 3.8) is 0 Å². The maximum absolute atomic E-state index is 5.97. The van der Waals surface area contributed by atoms with Gasteiger partial charge in [0.1, 0.15) is 6.61 Å². The third-order valence-electron chi connectivity index (χ3n) is 5.16. The van der Waals surface area contributed by atoms with Gasteiger partial charge in [-0.2, -0.15) is 0 Å². The maximum Gasteiger partial charge on any atom is 0.161 e. The lowest BCUT2D eigenvalue weighted by molar-refractivity contribution is 0.193. The van der Waals surface area contributed by atoms with Crippen LogP contribution in [-0.4, -0.2) is 43.2 Å². The molecule has 0 atom stereocenters. The Bertz CT molecular complexity index is 685. The Balaban J connectivity index is 1.47. The van der Waals surface area contributed by atoms with Crippen LogP contribution in [0.15, 0.2) is 42.7 Å². The summed E-state index contributed by atoms with van der Waals surface area (Å²) in [5.41, 5.74) is 2.24. The van der Waals surface area contributed by atoms with Crippen molar-refractivity contribution in [2.24, 2.45) is 5.92 Å². The molecule has 2 aromatic rings. The summed E-state index contributed by atoms with van der Waals surface area (Å²) in [6.07, 6.45) is 6.24. The molecule has 5 heteroatoms. The fourth-order valence-corrected chi connectivity index (χ4v) is 3.34. The highest BCUT2D eigenvalue weighted by Gasteiger charge is 2.14. The summed E-state index contributed by atoms with van der Waals surface area (Å²) in [5.74, 6) is 2.41. The number of nitrogens with zero attached hydrogens (tertiary/aromatic N) is 2. The zero-order valence-corrected chi connectivity index (χ0v) is 16.5. The summed E-state index contributed by atoms with van der Waals surface area (Å²) >= 11 is 0. The Kier molecular flexibility index (Phi) is 7.48. The second-order valence-electron chi connectivity index (χ2n) is 7.34. The third-order valence-corrected chi connectivity index (χ3v) is 5.16. The van der Waals surface area contributed by atoms with Crippen molar-refractivity contribution < 1.29 is 9.47 Å². The predicted octanol–water partition coefficient (Wildman–Crippen LogP) is 3.49. The SMILES string of the molecule is COc1ccc(CNCCN2CCC(C)CC2)cc1OCc1cccnc1. The van der Waals surface area contributed by atoms with Crippen LogP contribution in [0.5, 0.6) is 11.5 Å². The quantitative estimate of drug-likeness (QED) is 0.686. The highest BCUT2D eigenvalue weighted by Crippen LogP contribution is 2.28. The van der Waals surface area contributed by atoms with Gasteiger partial charge in [-0.15, -0.1) is 0 Å². The lowest BCUT2D eigenvalue weighted by atomic mass is 9.99. The number of nitrogens with one attached hydrogen (secondary N) is 1. The molecule has 2 heterocycles. The second-order valence-corrected chi connectivity index (χ2v) is 7.34. The fraction of sp³-hybridized carbons (Fsp3) is 0.500. The van der Waals surface area contributed by atoms with E-state index in [4.69, 9.17) is 9.47 Å². The Morgan fingerprint density at radius 2 is 2.00 bits per heavy atom. The zero-order valence-electron chi connectivity index (χ0n) is 16.5. The molecule has 1 aliphatic rings. The zero-order chi connectivity index (χ0) is 18.9. The molecule has 1 aromatic carbocycles. The van der Waals surface area contributed by atoms with Crippen LogP contribution >= 0.6 is 0 Å². The summed E-state index contributed by atoms with van der Waals surface area (Å²) in [4.78, 5) is 6.68. The van der Waals surface area contributed by atoms with Crippen LogP contribution in [0.1, 0.15) is 30.9 Å². The summed E-state index contributed by atoms with van der Waals surface area (Å²) in [6, 6.07) is 10.0. The van der Waals surface area contributed by atoms with E-state index >= 15 is 0 Å². The first-order valence-electron chi connectivity index (χ1n) is 9.86. The minimum Gasteiger partial charge on any atom is -0.493 e. The first-order valence-corrected chi connectivity index (χ1v) is 9.86. The molecule has 1 aliphatic heterocycles. The number of rotatable bonds is 9. The molecule has 3 rings (SSSR count). The van der Waals surface area contributed by atoms with Crippen LogP contribution in [-0.2, 0) is 13.2 Å². The van der Waals surface area contributed by atoms with Gasteiger partial charge in [0.2, 0.25) is 0 Å². The second kappa shape index (κ2) is 10.3. The normalized spacial score (nSPS) is 15.6. The molecule has 0 unspecified atom stereocenters. The standard InChI is InChI=1S/C22H31N3O2/c1-18-7-11-25(12-8-18)13-10-24-15-19-5-6-21(26-2)22(14-19)27-17-20-4-3-9-23-16-20/h3-6,9,14,16,18,24H,7-8,10-13,15,17H2,1-2H3. The van der Waals surface area contributed by atoms with Crippen molar-refractivity contribution in [2.75, 3.05) is 33.3 Å². The van der Waals surface area contributed by atoms with Gasteiger partial charge in [-0.3, -0.25) is 4.98 Å². The number of ether oxygens (including phenoxy) is 2. The number of aromatic nitrogens is 1. The summed E-state index contributed by atoms with van der Waals surface area (Å²) in [6.45, 7) is 8.26. The van der Waals surface area contributed by atoms with Gasteiger partial charge < -0.3 is 19.7 Å². The minimum atomic E-state index is 0.481. The number of pyridine rings is 1. The Morgan fingerprint density at radius 3 is 2.74 bits per heavy atom. The van der Waals surface area contributed by atoms with Gasteiger partial charge in [0.05, 0.1) is 7.11 Å². The van der Waals surface area contributed by atoms with E-state index in [-0.39, 0.29) is 0 Å². The van der Waals surface area contributed by atoms with Crippen molar-refractivity contribution in [3.8, 4) is 11.5 Å². The van der Waals surface area contributed by atoms with Gasteiger partial charge in [-0.05, 0) is 55.6 Å². The molecule has 0 radical (unpaired) electrons. The molecule has 0 amide bonds. The van der Waals surface area contributed by atoms with E-state index in [0.717, 1.165) is 42.6 Å². The molecule has 5 nitrogen and oxygen atoms in total. The molecule has 0 spiro atoms. The monoisotopic (exact) mass is 369 g/mol. The molecular weight excluding hydrogens is 338 g/mol. The molecule has 0 aliphatic carbocycles. The van der Waals surface area contributed by atoms with E-state index in [1.54, 1.807) is 13.3 Å². The highest BCUT2D eigenvalue weighted by molar-refractivity contribution is 5.43. The van der Waals surface area contributed by atoms with Crippen LogP contribution < -0.4 is 14.8 Å². The third kappa shape index (κ3) is 6.22. The molecule has 1 aromatic heterocycles. The molecular formula is C22H31N3O2. The number of hydrogen-bond donors (Lipinski definition) is 1. The minimum absolute atomic E-state index is 0.481. The fourth-order valence-electron chi connectivity index (χ4n) is 3.34. The number of benzene rings is 1. The smallest absolute Gasteiger partial charge is 0.161 e. The lowest BCUT2D eigenvalue weighted by Gasteiger charge is -2.30. The van der Waals surface area contributed by atoms with Crippen molar-refractivity contribution in [2.45, 2.75) is 32.9 Å². The number of piperidine rings is 1. The average molecular weight is 370 g/mol. The van der Waals surface area contributed by atoms with E-state index in [1.807, 2.05) is 24.4 Å². The summed E-state index contributed by atoms with van der Waals surface area (Å²) < 4.78 is 11.4. The lowest BCUT2D eigenvalue weighted by Crippen LogP contribution is -2.37. The molecule has 27 heavy (non-hydrogen) atoms. The largest absolute Gasteiger partial charge is 0.493 e. The highest BCUT2D eigenvalue weighted by atomic mass is 16.5. The summed E-state index contributed by atoms with van der Waals surface area (Å²) in [5, 5.41) is 3.55. The molecule has 1 saturated heterocycles. The van der Waals surface area contributed by atoms with Gasteiger partial charge in [0, 0.05) is 37.6 Å². The van der Waals surface area contributed by atoms with Crippen LogP contribution in [0.2, 0.25) is 0 Å². The van der Waals surface area contributed by atoms with E-state index in [0.29, 0.717) is 6.61 Å². The van der Waals surface area contributed by atoms with Crippen LogP contribution in [0.25, 0.3) is 0 Å². The topological polar surface area (TPSA) is 46.6 Å². The Labute approximate surface area is 162 Å². The van der Waals surface area contributed by atoms with E-state index in [9.17, 15) is 0 Å². The molecule has 1 N–H and O–H groups in total. The number of methoxy groups -OCH3 is 1. The van der Waals surface area contributed by atoms with Gasteiger partial charge in [0.25, 0.3) is 0 Å². The van der Waals surface area contributed by atoms with E-state index in [2.05, 4.69) is 34.3 Å². The van der Waals surface area contributed by atoms with Gasteiger partial charge >= 0.3 is 0 Å². The van der Waals surface area contributed by atoms with Crippen molar-refractivity contribution >= 4 is 0 Å². The van der Waals surface area contributed by atoms with Gasteiger partial charge in [0.15, 0.2) is 11.5 Å². The van der Waals surface area contributed by atoms with Crippen LogP contribution in [0, 0.1) is 5.92 Å². The molecule has 146 valence electrons.